The number of ether oxygens (including phenoxy) is 2. The number of nitrogens with one attached hydrogen (secondary N) is 1. The zero-order valence-electron chi connectivity index (χ0n) is 18.6. The smallest absolute Gasteiger partial charge is 0.339 e. The maximum Gasteiger partial charge on any atom is 0.339 e. The fraction of sp³-hybridized carbons (Fsp3) is 0.0769. The molecule has 0 radical (unpaired) electrons. The maximum atomic E-state index is 12.8. The van der Waals surface area contributed by atoms with E-state index in [-0.39, 0.29) is 0 Å². The van der Waals surface area contributed by atoms with Crippen molar-refractivity contribution in [2.24, 2.45) is 0 Å². The first-order valence-corrected chi connectivity index (χ1v) is 12.3. The van der Waals surface area contributed by atoms with Crippen LogP contribution in [0.4, 0.5) is 5.13 Å². The first kappa shape index (κ1) is 22.7. The van der Waals surface area contributed by atoms with Gasteiger partial charge in [-0.05, 0) is 30.3 Å². The van der Waals surface area contributed by atoms with E-state index >= 15 is 0 Å². The van der Waals surface area contributed by atoms with E-state index in [1.54, 1.807) is 19.2 Å². The molecule has 0 saturated carbocycles. The van der Waals surface area contributed by atoms with E-state index in [0.29, 0.717) is 22.0 Å². The normalized spacial score (nSPS) is 10.8. The second kappa shape index (κ2) is 10.0. The van der Waals surface area contributed by atoms with Crippen LogP contribution in [0.15, 0.2) is 78.2 Å². The van der Waals surface area contributed by atoms with Crippen molar-refractivity contribution >= 4 is 49.9 Å². The predicted molar refractivity (Wildman–Crippen MR) is 138 cm³/mol. The van der Waals surface area contributed by atoms with Crippen LogP contribution in [-0.2, 0) is 9.53 Å². The Morgan fingerprint density at radius 3 is 2.66 bits per heavy atom. The van der Waals surface area contributed by atoms with E-state index in [9.17, 15) is 9.59 Å². The van der Waals surface area contributed by atoms with Crippen molar-refractivity contribution in [1.82, 2.24) is 9.97 Å². The van der Waals surface area contributed by atoms with Crippen molar-refractivity contribution < 1.29 is 19.1 Å². The molecule has 0 saturated heterocycles. The first-order chi connectivity index (χ1) is 17.1. The summed E-state index contributed by atoms with van der Waals surface area (Å²) >= 11 is 2.79. The first-order valence-electron chi connectivity index (χ1n) is 10.6. The number of aromatic nitrogens is 2. The quantitative estimate of drug-likeness (QED) is 0.280. The molecule has 174 valence electrons. The van der Waals surface area contributed by atoms with Gasteiger partial charge in [-0.3, -0.25) is 10.1 Å². The van der Waals surface area contributed by atoms with Crippen LogP contribution in [0.2, 0.25) is 0 Å². The van der Waals surface area contributed by atoms with Gasteiger partial charge < -0.3 is 9.47 Å². The van der Waals surface area contributed by atoms with E-state index in [2.05, 4.69) is 15.3 Å². The minimum Gasteiger partial charge on any atom is -0.497 e. The summed E-state index contributed by atoms with van der Waals surface area (Å²) in [7, 11) is 1.60. The van der Waals surface area contributed by atoms with Crippen molar-refractivity contribution in [2.45, 2.75) is 0 Å². The molecule has 2 heterocycles. The molecule has 2 aromatic heterocycles. The molecule has 0 bridgehead atoms. The van der Waals surface area contributed by atoms with Gasteiger partial charge in [0.2, 0.25) is 0 Å². The SMILES string of the molecule is COc1cccc(-c2csc(NC(=O)COC(=O)c3ccccc3-c3nc4ccccc4s3)n2)c1. The maximum absolute atomic E-state index is 12.8. The lowest BCUT2D eigenvalue weighted by Crippen LogP contribution is -2.21. The fourth-order valence-electron chi connectivity index (χ4n) is 3.45. The summed E-state index contributed by atoms with van der Waals surface area (Å²) in [5, 5.41) is 5.65. The molecule has 0 aliphatic heterocycles. The number of hydrogen-bond acceptors (Lipinski definition) is 8. The number of esters is 1. The number of para-hydroxylation sites is 1. The third-order valence-electron chi connectivity index (χ3n) is 5.12. The Morgan fingerprint density at radius 2 is 1.80 bits per heavy atom. The Morgan fingerprint density at radius 1 is 0.971 bits per heavy atom. The summed E-state index contributed by atoms with van der Waals surface area (Å²) in [6.07, 6.45) is 0. The minimum atomic E-state index is -0.591. The highest BCUT2D eigenvalue weighted by atomic mass is 32.1. The van der Waals surface area contributed by atoms with Gasteiger partial charge in [-0.2, -0.15) is 0 Å². The molecule has 35 heavy (non-hydrogen) atoms. The molecule has 0 aliphatic carbocycles. The monoisotopic (exact) mass is 501 g/mol. The van der Waals surface area contributed by atoms with Gasteiger partial charge in [0.15, 0.2) is 11.7 Å². The van der Waals surface area contributed by atoms with Crippen LogP contribution in [0.5, 0.6) is 5.75 Å². The molecule has 5 aromatic rings. The highest BCUT2D eigenvalue weighted by Gasteiger charge is 2.18. The largest absolute Gasteiger partial charge is 0.497 e. The van der Waals surface area contributed by atoms with Crippen LogP contribution in [0.1, 0.15) is 10.4 Å². The van der Waals surface area contributed by atoms with Gasteiger partial charge in [0.05, 0.1) is 28.6 Å². The number of hydrogen-bond donors (Lipinski definition) is 1. The number of anilines is 1. The fourth-order valence-corrected chi connectivity index (χ4v) is 5.19. The molecule has 7 nitrogen and oxygen atoms in total. The highest BCUT2D eigenvalue weighted by molar-refractivity contribution is 7.21. The molecule has 0 aliphatic rings. The Balaban J connectivity index is 1.24. The third kappa shape index (κ3) is 5.06. The van der Waals surface area contributed by atoms with Crippen molar-refractivity contribution in [3.63, 3.8) is 0 Å². The van der Waals surface area contributed by atoms with Crippen LogP contribution in [0.3, 0.4) is 0 Å². The average Bonchev–Trinajstić information content (AvgIpc) is 3.54. The van der Waals surface area contributed by atoms with E-state index in [1.165, 1.54) is 22.7 Å². The van der Waals surface area contributed by atoms with Crippen molar-refractivity contribution in [3.8, 4) is 27.6 Å². The minimum absolute atomic E-state index is 0.355. The van der Waals surface area contributed by atoms with Crippen LogP contribution in [-0.4, -0.2) is 35.6 Å². The van der Waals surface area contributed by atoms with E-state index in [0.717, 1.165) is 26.5 Å². The number of carbonyl (C=O) groups excluding carboxylic acids is 2. The molecule has 3 aromatic carbocycles. The summed E-state index contributed by atoms with van der Waals surface area (Å²) in [5.41, 5.74) is 3.48. The van der Waals surface area contributed by atoms with E-state index in [1.807, 2.05) is 66.0 Å². The van der Waals surface area contributed by atoms with Crippen molar-refractivity contribution in [1.29, 1.82) is 0 Å². The zero-order chi connectivity index (χ0) is 24.2. The molecule has 1 amide bonds. The summed E-state index contributed by atoms with van der Waals surface area (Å²) < 4.78 is 11.6. The van der Waals surface area contributed by atoms with E-state index < -0.39 is 18.5 Å². The predicted octanol–water partition coefficient (Wildman–Crippen LogP) is 5.89. The number of nitrogens with zero attached hydrogens (tertiary/aromatic N) is 2. The van der Waals surface area contributed by atoms with E-state index in [4.69, 9.17) is 9.47 Å². The van der Waals surface area contributed by atoms with Crippen LogP contribution in [0.25, 0.3) is 32.0 Å². The van der Waals surface area contributed by atoms with Gasteiger partial charge in [-0.15, -0.1) is 22.7 Å². The molecule has 0 spiro atoms. The second-order valence-corrected chi connectivity index (χ2v) is 9.32. The molecule has 1 N–H and O–H groups in total. The topological polar surface area (TPSA) is 90.4 Å². The molecule has 0 fully saturated rings. The molecule has 0 unspecified atom stereocenters. The number of rotatable bonds is 7. The summed E-state index contributed by atoms with van der Waals surface area (Å²) in [6, 6.07) is 22.4. The molecule has 5 rings (SSSR count). The standard InChI is InChI=1S/C26H19N3O4S2/c1-32-17-8-6-7-16(13-17)21-15-34-26(28-21)29-23(30)14-33-25(31)19-10-3-2-9-18(19)24-27-20-11-4-5-12-22(20)35-24/h2-13,15H,14H2,1H3,(H,28,29,30). The van der Waals surface area contributed by atoms with Gasteiger partial charge in [0, 0.05) is 16.5 Å². The van der Waals surface area contributed by atoms with Gasteiger partial charge >= 0.3 is 5.97 Å². The van der Waals surface area contributed by atoms with Crippen molar-refractivity contribution in [2.75, 3.05) is 19.0 Å². The van der Waals surface area contributed by atoms with Crippen molar-refractivity contribution in [3.05, 3.63) is 83.7 Å². The van der Waals surface area contributed by atoms with Crippen LogP contribution in [0, 0.1) is 0 Å². The number of fused-ring (bicyclic) bond motifs is 1. The second-order valence-electron chi connectivity index (χ2n) is 7.43. The number of thiazole rings is 2. The number of carbonyl (C=O) groups is 2. The van der Waals surface area contributed by atoms with Gasteiger partial charge in [-0.25, -0.2) is 14.8 Å². The molecule has 9 heteroatoms. The highest BCUT2D eigenvalue weighted by Crippen LogP contribution is 2.32. The lowest BCUT2D eigenvalue weighted by atomic mass is 10.1. The van der Waals surface area contributed by atoms with Gasteiger partial charge in [0.1, 0.15) is 10.8 Å². The Labute approximate surface area is 209 Å². The van der Waals surface area contributed by atoms with Gasteiger partial charge in [-0.1, -0.05) is 42.5 Å². The van der Waals surface area contributed by atoms with Gasteiger partial charge in [0.25, 0.3) is 5.91 Å². The Hall–Kier alpha value is -4.08. The number of amides is 1. The summed E-state index contributed by atoms with van der Waals surface area (Å²) in [6.45, 7) is -0.429. The van der Waals surface area contributed by atoms with Crippen LogP contribution >= 0.6 is 22.7 Å². The lowest BCUT2D eigenvalue weighted by Gasteiger charge is -2.08. The third-order valence-corrected chi connectivity index (χ3v) is 6.95. The summed E-state index contributed by atoms with van der Waals surface area (Å²) in [5.74, 6) is -0.340. The molecular formula is C26H19N3O4S2. The molecular weight excluding hydrogens is 482 g/mol. The number of benzene rings is 3. The zero-order valence-corrected chi connectivity index (χ0v) is 20.2. The lowest BCUT2D eigenvalue weighted by molar-refractivity contribution is -0.119. The Bertz CT molecular complexity index is 1490. The molecule has 0 atom stereocenters. The Kier molecular flexibility index (Phi) is 6.51. The number of methoxy groups -OCH3 is 1. The summed E-state index contributed by atoms with van der Waals surface area (Å²) in [4.78, 5) is 34.3. The van der Waals surface area contributed by atoms with Crippen LogP contribution < -0.4 is 10.1 Å². The average molecular weight is 502 g/mol.